The van der Waals surface area contributed by atoms with Crippen LogP contribution in [0, 0.1) is 6.92 Å². The fourth-order valence-electron chi connectivity index (χ4n) is 2.49. The average molecular weight is 358 g/mol. The van der Waals surface area contributed by atoms with Crippen LogP contribution >= 0.6 is 11.6 Å². The molecule has 0 aliphatic heterocycles. The van der Waals surface area contributed by atoms with Gasteiger partial charge in [-0.1, -0.05) is 11.6 Å². The summed E-state index contributed by atoms with van der Waals surface area (Å²) >= 11 is 6.01. The maximum absolute atomic E-state index is 12.9. The van der Waals surface area contributed by atoms with Gasteiger partial charge in [0.25, 0.3) is 5.91 Å². The van der Waals surface area contributed by atoms with Crippen molar-refractivity contribution in [1.29, 1.82) is 0 Å². The molecular formula is C18H16ClN3O3. The van der Waals surface area contributed by atoms with E-state index in [-0.39, 0.29) is 17.2 Å². The fourth-order valence-corrected chi connectivity index (χ4v) is 2.66. The molecule has 0 bridgehead atoms. The van der Waals surface area contributed by atoms with Gasteiger partial charge in [0.2, 0.25) is 5.78 Å². The first-order valence-electron chi connectivity index (χ1n) is 7.64. The van der Waals surface area contributed by atoms with E-state index in [9.17, 15) is 14.7 Å². The number of amides is 1. The quantitative estimate of drug-likeness (QED) is 0.625. The van der Waals surface area contributed by atoms with Crippen LogP contribution in [-0.4, -0.2) is 32.9 Å². The Bertz CT molecular complexity index is 979. The first-order valence-corrected chi connectivity index (χ1v) is 8.02. The Morgan fingerprint density at radius 1 is 1.28 bits per heavy atom. The molecule has 3 N–H and O–H groups in total. The Kier molecular flexibility index (Phi) is 4.57. The number of nitrogens with zero attached hydrogens (tertiary/aromatic N) is 1. The second-order valence-electron chi connectivity index (χ2n) is 5.78. The van der Waals surface area contributed by atoms with Crippen molar-refractivity contribution >= 4 is 39.9 Å². The largest absolute Gasteiger partial charge is 0.384 e. The van der Waals surface area contributed by atoms with Crippen molar-refractivity contribution in [1.82, 2.24) is 9.97 Å². The van der Waals surface area contributed by atoms with Gasteiger partial charge >= 0.3 is 0 Å². The molecule has 0 aliphatic rings. The van der Waals surface area contributed by atoms with Gasteiger partial charge in [0.05, 0.1) is 5.69 Å². The molecule has 1 atom stereocenters. The molecule has 0 unspecified atom stereocenters. The minimum Gasteiger partial charge on any atom is -0.384 e. The van der Waals surface area contributed by atoms with Gasteiger partial charge in [-0.05, 0) is 49.7 Å². The zero-order chi connectivity index (χ0) is 18.1. The third-order valence-electron chi connectivity index (χ3n) is 3.76. The summed E-state index contributed by atoms with van der Waals surface area (Å²) < 4.78 is 0. The molecule has 0 spiro atoms. The number of H-pyrrole nitrogens is 1. The first kappa shape index (κ1) is 17.1. The van der Waals surface area contributed by atoms with E-state index in [1.165, 1.54) is 6.92 Å². The van der Waals surface area contributed by atoms with E-state index in [2.05, 4.69) is 15.3 Å². The van der Waals surface area contributed by atoms with Crippen LogP contribution in [0.3, 0.4) is 0 Å². The molecule has 0 aliphatic carbocycles. The van der Waals surface area contributed by atoms with E-state index in [0.717, 1.165) is 5.56 Å². The Labute approximate surface area is 148 Å². The van der Waals surface area contributed by atoms with E-state index >= 15 is 0 Å². The normalized spacial score (nSPS) is 12.2. The van der Waals surface area contributed by atoms with E-state index in [1.54, 1.807) is 36.5 Å². The van der Waals surface area contributed by atoms with Gasteiger partial charge in [0.15, 0.2) is 0 Å². The van der Waals surface area contributed by atoms with Crippen molar-refractivity contribution in [3.8, 4) is 0 Å². The molecule has 128 valence electrons. The molecule has 6 nitrogen and oxygen atoms in total. The summed E-state index contributed by atoms with van der Waals surface area (Å²) in [5.41, 5.74) is 2.23. The smallest absolute Gasteiger partial charge is 0.252 e. The van der Waals surface area contributed by atoms with Crippen molar-refractivity contribution in [3.05, 3.63) is 58.5 Å². The number of ketones is 1. The minimum absolute atomic E-state index is 0.185. The summed E-state index contributed by atoms with van der Waals surface area (Å²) in [5.74, 6) is -0.973. The van der Waals surface area contributed by atoms with Crippen LogP contribution in [0.25, 0.3) is 10.9 Å². The second kappa shape index (κ2) is 6.66. The van der Waals surface area contributed by atoms with Crippen LogP contribution in [-0.2, 0) is 4.79 Å². The molecule has 3 aromatic rings. The van der Waals surface area contributed by atoms with Crippen LogP contribution in [0.1, 0.15) is 28.7 Å². The van der Waals surface area contributed by atoms with Gasteiger partial charge in [0, 0.05) is 22.1 Å². The van der Waals surface area contributed by atoms with E-state index < -0.39 is 12.0 Å². The lowest BCUT2D eigenvalue weighted by Crippen LogP contribution is -2.25. The number of carbonyl (C=O) groups excluding carboxylic acids is 2. The highest BCUT2D eigenvalue weighted by atomic mass is 35.5. The predicted molar refractivity (Wildman–Crippen MR) is 96.0 cm³/mol. The number of aryl methyl sites for hydroxylation is 1. The maximum Gasteiger partial charge on any atom is 0.252 e. The van der Waals surface area contributed by atoms with Gasteiger partial charge in [-0.25, -0.2) is 0 Å². The highest BCUT2D eigenvalue weighted by Crippen LogP contribution is 2.31. The van der Waals surface area contributed by atoms with Crippen molar-refractivity contribution in [3.63, 3.8) is 0 Å². The van der Waals surface area contributed by atoms with Crippen LogP contribution in [0.4, 0.5) is 5.69 Å². The topological polar surface area (TPSA) is 95.1 Å². The Balaban J connectivity index is 2.15. The van der Waals surface area contributed by atoms with Gasteiger partial charge in [-0.2, -0.15) is 0 Å². The lowest BCUT2D eigenvalue weighted by molar-refractivity contribution is -0.123. The molecule has 0 saturated carbocycles. The Morgan fingerprint density at radius 2 is 2.04 bits per heavy atom. The van der Waals surface area contributed by atoms with Crippen molar-refractivity contribution in [2.24, 2.45) is 0 Å². The van der Waals surface area contributed by atoms with Gasteiger partial charge in [-0.15, -0.1) is 0 Å². The van der Waals surface area contributed by atoms with Gasteiger partial charge < -0.3 is 15.4 Å². The number of aliphatic hydroxyl groups is 1. The summed E-state index contributed by atoms with van der Waals surface area (Å²) in [6.07, 6.45) is 0.341. The van der Waals surface area contributed by atoms with Crippen LogP contribution in [0.5, 0.6) is 0 Å². The van der Waals surface area contributed by atoms with Crippen molar-refractivity contribution < 1.29 is 14.7 Å². The molecular weight excluding hydrogens is 342 g/mol. The highest BCUT2D eigenvalue weighted by molar-refractivity contribution is 6.31. The lowest BCUT2D eigenvalue weighted by Gasteiger charge is -2.08. The SMILES string of the molecule is Cc1ccnc(C(=O)c2[nH]c3cc(Cl)ccc3c2NC(=O)[C@H](C)O)c1. The number of aromatic amines is 1. The molecule has 0 saturated heterocycles. The molecule has 1 aromatic carbocycles. The van der Waals surface area contributed by atoms with E-state index in [4.69, 9.17) is 11.6 Å². The lowest BCUT2D eigenvalue weighted by atomic mass is 10.1. The average Bonchev–Trinajstić information content (AvgIpc) is 2.91. The number of pyridine rings is 1. The van der Waals surface area contributed by atoms with Gasteiger partial charge in [-0.3, -0.25) is 14.6 Å². The molecule has 0 radical (unpaired) electrons. The third kappa shape index (κ3) is 3.40. The number of fused-ring (bicyclic) bond motifs is 1. The highest BCUT2D eigenvalue weighted by Gasteiger charge is 2.23. The standard InChI is InChI=1S/C18H16ClN3O3/c1-9-5-6-20-14(7-9)17(24)16-15(22-18(25)10(2)23)12-4-3-11(19)8-13(12)21-16/h3-8,10,21,23H,1-2H3,(H,22,25)/t10-/m0/s1. The number of anilines is 1. The summed E-state index contributed by atoms with van der Waals surface area (Å²) in [4.78, 5) is 31.9. The summed E-state index contributed by atoms with van der Waals surface area (Å²) in [7, 11) is 0. The molecule has 3 rings (SSSR count). The van der Waals surface area contributed by atoms with Crippen molar-refractivity contribution in [2.75, 3.05) is 5.32 Å². The minimum atomic E-state index is -1.21. The Hall–Kier alpha value is -2.70. The summed E-state index contributed by atoms with van der Waals surface area (Å²) in [5, 5.41) is 13.2. The zero-order valence-corrected chi connectivity index (χ0v) is 14.4. The number of aromatic nitrogens is 2. The maximum atomic E-state index is 12.9. The van der Waals surface area contributed by atoms with Crippen LogP contribution in [0.15, 0.2) is 36.5 Å². The molecule has 2 aromatic heterocycles. The number of hydrogen-bond acceptors (Lipinski definition) is 4. The van der Waals surface area contributed by atoms with Crippen LogP contribution < -0.4 is 5.32 Å². The molecule has 2 heterocycles. The fraction of sp³-hybridized carbons (Fsp3) is 0.167. The molecule has 25 heavy (non-hydrogen) atoms. The predicted octanol–water partition coefficient (Wildman–Crippen LogP) is 3.08. The molecule has 7 heteroatoms. The molecule has 1 amide bonds. The first-order chi connectivity index (χ1) is 11.9. The number of halogens is 1. The van der Waals surface area contributed by atoms with Gasteiger partial charge in [0.1, 0.15) is 17.5 Å². The zero-order valence-electron chi connectivity index (χ0n) is 13.6. The number of carbonyl (C=O) groups is 2. The number of benzene rings is 1. The number of nitrogens with one attached hydrogen (secondary N) is 2. The number of aliphatic hydroxyl groups excluding tert-OH is 1. The van der Waals surface area contributed by atoms with Crippen LogP contribution in [0.2, 0.25) is 5.02 Å². The summed E-state index contributed by atoms with van der Waals surface area (Å²) in [6, 6.07) is 8.48. The molecule has 0 fully saturated rings. The summed E-state index contributed by atoms with van der Waals surface area (Å²) in [6.45, 7) is 3.21. The monoisotopic (exact) mass is 357 g/mol. The third-order valence-corrected chi connectivity index (χ3v) is 4.00. The van der Waals surface area contributed by atoms with Crippen molar-refractivity contribution in [2.45, 2.75) is 20.0 Å². The Morgan fingerprint density at radius 3 is 2.72 bits per heavy atom. The number of hydrogen-bond donors (Lipinski definition) is 3. The second-order valence-corrected chi connectivity index (χ2v) is 6.21. The number of rotatable bonds is 4. The van der Waals surface area contributed by atoms with E-state index in [0.29, 0.717) is 21.6 Å². The van der Waals surface area contributed by atoms with E-state index in [1.807, 2.05) is 6.92 Å².